The summed E-state index contributed by atoms with van der Waals surface area (Å²) in [6.45, 7) is 7.69. The molecule has 1 fully saturated rings. The van der Waals surface area contributed by atoms with Crippen LogP contribution in [0.4, 0.5) is 0 Å². The van der Waals surface area contributed by atoms with E-state index in [0.717, 1.165) is 25.0 Å². The first-order valence-electron chi connectivity index (χ1n) is 6.04. The number of allylic oxidation sites excluding steroid dienone is 1. The van der Waals surface area contributed by atoms with E-state index in [1.165, 1.54) is 25.9 Å². The van der Waals surface area contributed by atoms with Gasteiger partial charge in [-0.3, -0.25) is 9.69 Å². The maximum atomic E-state index is 11.8. The van der Waals surface area contributed by atoms with E-state index in [9.17, 15) is 4.79 Å². The molecule has 0 radical (unpaired) electrons. The predicted octanol–water partition coefficient (Wildman–Crippen LogP) is 2.40. The Kier molecular flexibility index (Phi) is 2.96. The molecule has 0 aromatic heterocycles. The number of likely N-dealkylation sites (tertiary alicyclic amines) is 1. The number of nitrogens with zero attached hydrogens (tertiary/aromatic N) is 1. The molecule has 1 saturated heterocycles. The number of carbonyl (C=O) groups excluding carboxylic acids is 1. The molecule has 1 heterocycles. The first kappa shape index (κ1) is 10.9. The number of ketones is 1. The van der Waals surface area contributed by atoms with Gasteiger partial charge in [0.15, 0.2) is 5.78 Å². The molecule has 15 heavy (non-hydrogen) atoms. The van der Waals surface area contributed by atoms with Crippen LogP contribution in [0.5, 0.6) is 0 Å². The van der Waals surface area contributed by atoms with Gasteiger partial charge in [-0.25, -0.2) is 0 Å². The highest BCUT2D eigenvalue weighted by Crippen LogP contribution is 2.31. The Balaban J connectivity index is 2.04. The molecular weight excluding hydrogens is 186 g/mol. The van der Waals surface area contributed by atoms with Crippen molar-refractivity contribution >= 4 is 5.78 Å². The van der Waals surface area contributed by atoms with Crippen molar-refractivity contribution in [1.82, 2.24) is 4.90 Å². The summed E-state index contributed by atoms with van der Waals surface area (Å²) in [6, 6.07) is 0. The Morgan fingerprint density at radius 3 is 2.67 bits per heavy atom. The lowest BCUT2D eigenvalue weighted by molar-refractivity contribution is -0.116. The molecule has 0 bridgehead atoms. The third-order valence-electron chi connectivity index (χ3n) is 3.51. The summed E-state index contributed by atoms with van der Waals surface area (Å²) in [5.41, 5.74) is 1.29. The van der Waals surface area contributed by atoms with Gasteiger partial charge < -0.3 is 0 Å². The lowest BCUT2D eigenvalue weighted by Crippen LogP contribution is -2.29. The van der Waals surface area contributed by atoms with E-state index < -0.39 is 0 Å². The lowest BCUT2D eigenvalue weighted by atomic mass is 9.79. The Bertz CT molecular complexity index is 285. The molecule has 2 aliphatic rings. The van der Waals surface area contributed by atoms with Crippen LogP contribution in [0.1, 0.15) is 39.5 Å². The van der Waals surface area contributed by atoms with Crippen molar-refractivity contribution in [2.75, 3.05) is 19.6 Å². The second-order valence-electron chi connectivity index (χ2n) is 5.56. The van der Waals surface area contributed by atoms with Gasteiger partial charge >= 0.3 is 0 Å². The second-order valence-corrected chi connectivity index (χ2v) is 5.56. The number of hydrogen-bond donors (Lipinski definition) is 0. The third kappa shape index (κ3) is 2.69. The summed E-state index contributed by atoms with van der Waals surface area (Å²) in [5.74, 6) is 0.376. The van der Waals surface area contributed by atoms with Crippen molar-refractivity contribution < 1.29 is 4.79 Å². The van der Waals surface area contributed by atoms with E-state index in [1.807, 2.05) is 0 Å². The summed E-state index contributed by atoms with van der Waals surface area (Å²) in [4.78, 5) is 14.2. The van der Waals surface area contributed by atoms with Crippen molar-refractivity contribution in [2.24, 2.45) is 5.41 Å². The molecule has 0 amide bonds. The van der Waals surface area contributed by atoms with E-state index >= 15 is 0 Å². The Labute approximate surface area is 92.3 Å². The van der Waals surface area contributed by atoms with E-state index in [4.69, 9.17) is 0 Å². The maximum absolute atomic E-state index is 11.8. The molecule has 0 N–H and O–H groups in total. The normalized spacial score (nSPS) is 26.8. The minimum absolute atomic E-state index is 0.225. The molecular formula is C13H21NO. The highest BCUT2D eigenvalue weighted by Gasteiger charge is 2.27. The molecule has 2 nitrogen and oxygen atoms in total. The standard InChI is InChI=1S/C13H21NO/c1-13(2)6-5-12(15)11(9-13)10-14-7-3-4-8-14/h9H,3-8,10H2,1-2H3. The van der Waals surface area contributed by atoms with Crippen LogP contribution in [-0.4, -0.2) is 30.3 Å². The Hall–Kier alpha value is -0.630. The molecule has 0 aromatic carbocycles. The first-order valence-corrected chi connectivity index (χ1v) is 6.04. The molecule has 0 atom stereocenters. The van der Waals surface area contributed by atoms with E-state index in [-0.39, 0.29) is 5.41 Å². The van der Waals surface area contributed by atoms with Gasteiger partial charge in [0.05, 0.1) is 0 Å². The van der Waals surface area contributed by atoms with Crippen molar-refractivity contribution in [1.29, 1.82) is 0 Å². The molecule has 84 valence electrons. The van der Waals surface area contributed by atoms with Crippen molar-refractivity contribution in [3.63, 3.8) is 0 Å². The molecule has 0 aromatic rings. The highest BCUT2D eigenvalue weighted by molar-refractivity contribution is 5.96. The predicted molar refractivity (Wildman–Crippen MR) is 61.8 cm³/mol. The van der Waals surface area contributed by atoms with E-state index in [0.29, 0.717) is 5.78 Å². The number of Topliss-reactive ketones (excluding diaryl/α,β-unsaturated/α-hetero) is 1. The summed E-state index contributed by atoms with van der Waals surface area (Å²) in [5, 5.41) is 0. The number of hydrogen-bond acceptors (Lipinski definition) is 2. The fourth-order valence-electron chi connectivity index (χ4n) is 2.54. The summed E-state index contributed by atoms with van der Waals surface area (Å²) >= 11 is 0. The third-order valence-corrected chi connectivity index (χ3v) is 3.51. The Morgan fingerprint density at radius 2 is 2.00 bits per heavy atom. The molecule has 0 saturated carbocycles. The average Bonchev–Trinajstić information content (AvgIpc) is 2.64. The van der Waals surface area contributed by atoms with Gasteiger partial charge in [0.2, 0.25) is 0 Å². The zero-order valence-corrected chi connectivity index (χ0v) is 9.88. The number of carbonyl (C=O) groups is 1. The monoisotopic (exact) mass is 207 g/mol. The van der Waals surface area contributed by atoms with Gasteiger partial charge in [0.1, 0.15) is 0 Å². The minimum atomic E-state index is 0.225. The molecule has 1 aliphatic heterocycles. The van der Waals surface area contributed by atoms with Crippen molar-refractivity contribution in [3.8, 4) is 0 Å². The second kappa shape index (κ2) is 4.09. The van der Waals surface area contributed by atoms with Gasteiger partial charge in [-0.1, -0.05) is 19.9 Å². The van der Waals surface area contributed by atoms with Gasteiger partial charge in [-0.2, -0.15) is 0 Å². The molecule has 0 spiro atoms. The zero-order valence-electron chi connectivity index (χ0n) is 9.88. The largest absolute Gasteiger partial charge is 0.299 e. The quantitative estimate of drug-likeness (QED) is 0.693. The zero-order chi connectivity index (χ0) is 10.9. The molecule has 1 aliphatic carbocycles. The van der Waals surface area contributed by atoms with Crippen LogP contribution in [0.25, 0.3) is 0 Å². The maximum Gasteiger partial charge on any atom is 0.159 e. The van der Waals surface area contributed by atoms with Crippen LogP contribution >= 0.6 is 0 Å². The van der Waals surface area contributed by atoms with Crippen molar-refractivity contribution in [3.05, 3.63) is 11.6 Å². The Morgan fingerprint density at radius 1 is 1.33 bits per heavy atom. The fraction of sp³-hybridized carbons (Fsp3) is 0.769. The van der Waals surface area contributed by atoms with Crippen LogP contribution in [0, 0.1) is 5.41 Å². The minimum Gasteiger partial charge on any atom is -0.299 e. The van der Waals surface area contributed by atoms with Gasteiger partial charge in [0.25, 0.3) is 0 Å². The van der Waals surface area contributed by atoms with Gasteiger partial charge in [0, 0.05) is 18.5 Å². The average molecular weight is 207 g/mol. The molecule has 2 heteroatoms. The highest BCUT2D eigenvalue weighted by atomic mass is 16.1. The smallest absolute Gasteiger partial charge is 0.159 e. The first-order chi connectivity index (χ1) is 7.07. The van der Waals surface area contributed by atoms with Crippen LogP contribution in [-0.2, 0) is 4.79 Å². The van der Waals surface area contributed by atoms with Gasteiger partial charge in [-0.15, -0.1) is 0 Å². The lowest BCUT2D eigenvalue weighted by Gasteiger charge is -2.28. The van der Waals surface area contributed by atoms with Crippen LogP contribution in [0.15, 0.2) is 11.6 Å². The fourth-order valence-corrected chi connectivity index (χ4v) is 2.54. The SMILES string of the molecule is CC1(C)C=C(CN2CCCC2)C(=O)CC1. The van der Waals surface area contributed by atoms with Crippen molar-refractivity contribution in [2.45, 2.75) is 39.5 Å². The summed E-state index contributed by atoms with van der Waals surface area (Å²) in [7, 11) is 0. The molecule has 2 rings (SSSR count). The number of rotatable bonds is 2. The molecule has 0 unspecified atom stereocenters. The van der Waals surface area contributed by atoms with Crippen LogP contribution in [0.3, 0.4) is 0 Å². The van der Waals surface area contributed by atoms with Crippen LogP contribution < -0.4 is 0 Å². The summed E-state index contributed by atoms with van der Waals surface area (Å²) < 4.78 is 0. The van der Waals surface area contributed by atoms with E-state index in [2.05, 4.69) is 24.8 Å². The topological polar surface area (TPSA) is 20.3 Å². The van der Waals surface area contributed by atoms with E-state index in [1.54, 1.807) is 0 Å². The van der Waals surface area contributed by atoms with Gasteiger partial charge in [-0.05, 0) is 37.8 Å². The van der Waals surface area contributed by atoms with Crippen LogP contribution in [0.2, 0.25) is 0 Å². The summed E-state index contributed by atoms with van der Waals surface area (Å²) in [6.07, 6.45) is 6.55.